The van der Waals surface area contributed by atoms with Crippen LogP contribution in [0.5, 0.6) is 0 Å². The normalized spacial score (nSPS) is 13.8. The standard InChI is InChI=1S/C10H17NO/c1-7(2)6-9(11)10-8(3)4-5-12-10/h4-5,7,9H,6,11H2,1-3H3. The lowest BCUT2D eigenvalue weighted by Gasteiger charge is -2.11. The van der Waals surface area contributed by atoms with Crippen molar-refractivity contribution >= 4 is 0 Å². The number of nitrogens with two attached hydrogens (primary N) is 1. The van der Waals surface area contributed by atoms with Gasteiger partial charge in [-0.05, 0) is 30.9 Å². The highest BCUT2D eigenvalue weighted by molar-refractivity contribution is 5.17. The van der Waals surface area contributed by atoms with E-state index in [1.54, 1.807) is 6.26 Å². The van der Waals surface area contributed by atoms with Crippen molar-refractivity contribution in [1.82, 2.24) is 0 Å². The summed E-state index contributed by atoms with van der Waals surface area (Å²) in [6, 6.07) is 2.01. The Balaban J connectivity index is 2.65. The highest BCUT2D eigenvalue weighted by Crippen LogP contribution is 2.22. The van der Waals surface area contributed by atoms with E-state index < -0.39 is 0 Å². The maximum absolute atomic E-state index is 5.95. The zero-order valence-corrected chi connectivity index (χ0v) is 8.00. The van der Waals surface area contributed by atoms with Gasteiger partial charge in [0, 0.05) is 0 Å². The highest BCUT2D eigenvalue weighted by Gasteiger charge is 2.13. The summed E-state index contributed by atoms with van der Waals surface area (Å²) in [6.45, 7) is 6.36. The summed E-state index contributed by atoms with van der Waals surface area (Å²) in [7, 11) is 0. The second-order valence-corrected chi connectivity index (χ2v) is 3.70. The number of furan rings is 1. The minimum Gasteiger partial charge on any atom is -0.467 e. The van der Waals surface area contributed by atoms with Crippen LogP contribution in [0.4, 0.5) is 0 Å². The van der Waals surface area contributed by atoms with Gasteiger partial charge in [-0.2, -0.15) is 0 Å². The molecule has 0 saturated heterocycles. The lowest BCUT2D eigenvalue weighted by molar-refractivity contribution is 0.413. The van der Waals surface area contributed by atoms with Crippen molar-refractivity contribution in [2.75, 3.05) is 0 Å². The van der Waals surface area contributed by atoms with Crippen LogP contribution in [0.1, 0.15) is 37.6 Å². The molecule has 2 N–H and O–H groups in total. The van der Waals surface area contributed by atoms with Crippen LogP contribution in [0.3, 0.4) is 0 Å². The average molecular weight is 167 g/mol. The second kappa shape index (κ2) is 3.76. The van der Waals surface area contributed by atoms with Crippen molar-refractivity contribution in [2.24, 2.45) is 11.7 Å². The van der Waals surface area contributed by atoms with Crippen LogP contribution in [0.15, 0.2) is 16.7 Å². The quantitative estimate of drug-likeness (QED) is 0.751. The van der Waals surface area contributed by atoms with Crippen LogP contribution in [0.2, 0.25) is 0 Å². The third-order valence-electron chi connectivity index (χ3n) is 1.96. The maximum atomic E-state index is 5.95. The fraction of sp³-hybridized carbons (Fsp3) is 0.600. The van der Waals surface area contributed by atoms with Crippen molar-refractivity contribution in [1.29, 1.82) is 0 Å². The largest absolute Gasteiger partial charge is 0.467 e. The van der Waals surface area contributed by atoms with Gasteiger partial charge in [0.15, 0.2) is 0 Å². The molecule has 0 aliphatic carbocycles. The molecule has 0 spiro atoms. The van der Waals surface area contributed by atoms with E-state index in [0.717, 1.165) is 17.7 Å². The SMILES string of the molecule is Cc1ccoc1C(N)CC(C)C. The molecule has 0 fully saturated rings. The van der Waals surface area contributed by atoms with Gasteiger partial charge >= 0.3 is 0 Å². The van der Waals surface area contributed by atoms with Gasteiger partial charge in [0.25, 0.3) is 0 Å². The van der Waals surface area contributed by atoms with Crippen molar-refractivity contribution in [3.8, 4) is 0 Å². The van der Waals surface area contributed by atoms with Crippen LogP contribution in [0.25, 0.3) is 0 Å². The first kappa shape index (κ1) is 9.33. The molecular formula is C10H17NO. The van der Waals surface area contributed by atoms with Crippen molar-refractivity contribution in [3.05, 3.63) is 23.7 Å². The Bertz CT molecular complexity index is 240. The van der Waals surface area contributed by atoms with Crippen molar-refractivity contribution in [3.63, 3.8) is 0 Å². The smallest absolute Gasteiger partial charge is 0.123 e. The topological polar surface area (TPSA) is 39.2 Å². The van der Waals surface area contributed by atoms with Gasteiger partial charge in [-0.1, -0.05) is 13.8 Å². The molecule has 2 heteroatoms. The lowest BCUT2D eigenvalue weighted by Crippen LogP contribution is -2.12. The van der Waals surface area contributed by atoms with Crippen LogP contribution < -0.4 is 5.73 Å². The summed E-state index contributed by atoms with van der Waals surface area (Å²) in [5, 5.41) is 0. The number of aryl methyl sites for hydroxylation is 1. The Hall–Kier alpha value is -0.760. The molecule has 1 atom stereocenters. The molecule has 0 radical (unpaired) electrons. The number of hydrogen-bond acceptors (Lipinski definition) is 2. The molecule has 1 unspecified atom stereocenters. The molecule has 0 amide bonds. The van der Waals surface area contributed by atoms with Gasteiger partial charge in [0.05, 0.1) is 12.3 Å². The Kier molecular flexibility index (Phi) is 2.93. The number of rotatable bonds is 3. The van der Waals surface area contributed by atoms with Crippen LogP contribution in [0, 0.1) is 12.8 Å². The summed E-state index contributed by atoms with van der Waals surface area (Å²) >= 11 is 0. The molecule has 0 aliphatic rings. The molecule has 1 aromatic heterocycles. The van der Waals surface area contributed by atoms with Gasteiger partial charge in [0.2, 0.25) is 0 Å². The predicted molar refractivity (Wildman–Crippen MR) is 49.8 cm³/mol. The Morgan fingerprint density at radius 3 is 2.58 bits per heavy atom. The molecule has 0 saturated carbocycles. The van der Waals surface area contributed by atoms with Gasteiger partial charge < -0.3 is 10.2 Å². The highest BCUT2D eigenvalue weighted by atomic mass is 16.3. The fourth-order valence-corrected chi connectivity index (χ4v) is 1.38. The van der Waals surface area contributed by atoms with Crippen LogP contribution in [-0.2, 0) is 0 Å². The monoisotopic (exact) mass is 167 g/mol. The van der Waals surface area contributed by atoms with E-state index in [9.17, 15) is 0 Å². The predicted octanol–water partition coefficient (Wildman–Crippen LogP) is 2.63. The van der Waals surface area contributed by atoms with Gasteiger partial charge in [-0.3, -0.25) is 0 Å². The minimum atomic E-state index is 0.0556. The zero-order chi connectivity index (χ0) is 9.14. The molecule has 12 heavy (non-hydrogen) atoms. The van der Waals surface area contributed by atoms with Gasteiger partial charge in [0.1, 0.15) is 5.76 Å². The first-order chi connectivity index (χ1) is 5.61. The van der Waals surface area contributed by atoms with Crippen LogP contribution in [-0.4, -0.2) is 0 Å². The summed E-state index contributed by atoms with van der Waals surface area (Å²) in [5.41, 5.74) is 7.10. The van der Waals surface area contributed by atoms with E-state index in [1.807, 2.05) is 13.0 Å². The van der Waals surface area contributed by atoms with Crippen molar-refractivity contribution in [2.45, 2.75) is 33.2 Å². The Labute approximate surface area is 73.8 Å². The van der Waals surface area contributed by atoms with Crippen molar-refractivity contribution < 1.29 is 4.42 Å². The van der Waals surface area contributed by atoms with E-state index in [2.05, 4.69) is 13.8 Å². The molecule has 0 aliphatic heterocycles. The zero-order valence-electron chi connectivity index (χ0n) is 8.00. The number of hydrogen-bond donors (Lipinski definition) is 1. The molecule has 1 heterocycles. The van der Waals surface area contributed by atoms with Gasteiger partial charge in [-0.25, -0.2) is 0 Å². The summed E-state index contributed by atoms with van der Waals surface area (Å²) in [5.74, 6) is 1.55. The minimum absolute atomic E-state index is 0.0556. The first-order valence-electron chi connectivity index (χ1n) is 4.41. The van der Waals surface area contributed by atoms with Gasteiger partial charge in [-0.15, -0.1) is 0 Å². The molecular weight excluding hydrogens is 150 g/mol. The Morgan fingerprint density at radius 1 is 1.50 bits per heavy atom. The average Bonchev–Trinajstić information content (AvgIpc) is 2.33. The summed E-state index contributed by atoms with van der Waals surface area (Å²) < 4.78 is 5.30. The van der Waals surface area contributed by atoms with E-state index in [-0.39, 0.29) is 6.04 Å². The van der Waals surface area contributed by atoms with E-state index in [4.69, 9.17) is 10.2 Å². The Morgan fingerprint density at radius 2 is 2.17 bits per heavy atom. The third-order valence-corrected chi connectivity index (χ3v) is 1.96. The molecule has 2 nitrogen and oxygen atoms in total. The summed E-state index contributed by atoms with van der Waals surface area (Å²) in [6.07, 6.45) is 2.68. The van der Waals surface area contributed by atoms with E-state index in [0.29, 0.717) is 5.92 Å². The lowest BCUT2D eigenvalue weighted by atomic mass is 10.0. The molecule has 0 aromatic carbocycles. The van der Waals surface area contributed by atoms with E-state index >= 15 is 0 Å². The molecule has 1 aromatic rings. The summed E-state index contributed by atoms with van der Waals surface area (Å²) in [4.78, 5) is 0. The first-order valence-corrected chi connectivity index (χ1v) is 4.41. The molecule has 1 rings (SSSR count). The van der Waals surface area contributed by atoms with E-state index in [1.165, 1.54) is 0 Å². The molecule has 0 bridgehead atoms. The van der Waals surface area contributed by atoms with Crippen LogP contribution >= 0.6 is 0 Å². The fourth-order valence-electron chi connectivity index (χ4n) is 1.38. The molecule has 68 valence electrons. The maximum Gasteiger partial charge on any atom is 0.123 e. The second-order valence-electron chi connectivity index (χ2n) is 3.70. The third kappa shape index (κ3) is 2.11.